The van der Waals surface area contributed by atoms with Gasteiger partial charge >= 0.3 is 5.97 Å². The SMILES string of the molecule is CCCCCn1c(SCC(=O)O)nc2cc(F)ccc21. The molecule has 0 radical (unpaired) electrons. The molecule has 0 bridgehead atoms. The van der Waals surface area contributed by atoms with Gasteiger partial charge in [0.15, 0.2) is 5.16 Å². The van der Waals surface area contributed by atoms with Gasteiger partial charge < -0.3 is 9.67 Å². The number of fused-ring (bicyclic) bond motifs is 1. The first-order chi connectivity index (χ1) is 9.61. The van der Waals surface area contributed by atoms with Crippen LogP contribution in [0.25, 0.3) is 11.0 Å². The normalized spacial score (nSPS) is 11.1. The molecular formula is C14H17FN2O2S. The summed E-state index contributed by atoms with van der Waals surface area (Å²) in [5, 5.41) is 9.42. The number of aliphatic carboxylic acids is 1. The fourth-order valence-electron chi connectivity index (χ4n) is 2.05. The van der Waals surface area contributed by atoms with Gasteiger partial charge in [-0.2, -0.15) is 0 Å². The number of aromatic nitrogens is 2. The summed E-state index contributed by atoms with van der Waals surface area (Å²) in [4.78, 5) is 15.0. The second-order valence-corrected chi connectivity index (χ2v) is 5.51. The Kier molecular flexibility index (Phi) is 5.00. The molecule has 0 aliphatic carbocycles. The number of benzene rings is 1. The van der Waals surface area contributed by atoms with Crippen LogP contribution >= 0.6 is 11.8 Å². The topological polar surface area (TPSA) is 55.1 Å². The summed E-state index contributed by atoms with van der Waals surface area (Å²) in [6.45, 7) is 2.90. The number of imidazole rings is 1. The van der Waals surface area contributed by atoms with E-state index in [4.69, 9.17) is 5.11 Å². The number of thioether (sulfide) groups is 1. The van der Waals surface area contributed by atoms with E-state index >= 15 is 0 Å². The number of hydrogen-bond acceptors (Lipinski definition) is 3. The number of rotatable bonds is 7. The fraction of sp³-hybridized carbons (Fsp3) is 0.429. The summed E-state index contributed by atoms with van der Waals surface area (Å²) >= 11 is 1.17. The minimum atomic E-state index is -0.881. The van der Waals surface area contributed by atoms with E-state index in [1.807, 2.05) is 4.57 Å². The van der Waals surface area contributed by atoms with Gasteiger partial charge in [-0.05, 0) is 18.6 Å². The van der Waals surface area contributed by atoms with Gasteiger partial charge in [0.05, 0.1) is 16.8 Å². The van der Waals surface area contributed by atoms with Gasteiger partial charge in [0, 0.05) is 12.6 Å². The molecule has 108 valence electrons. The van der Waals surface area contributed by atoms with Gasteiger partial charge in [0.25, 0.3) is 0 Å². The molecule has 0 aliphatic heterocycles. The highest BCUT2D eigenvalue weighted by Crippen LogP contribution is 2.25. The molecule has 0 aliphatic rings. The minimum absolute atomic E-state index is 0.0421. The number of unbranched alkanes of at least 4 members (excludes halogenated alkanes) is 2. The van der Waals surface area contributed by atoms with Crippen LogP contribution in [0.3, 0.4) is 0 Å². The molecule has 0 unspecified atom stereocenters. The van der Waals surface area contributed by atoms with Crippen molar-refractivity contribution < 1.29 is 14.3 Å². The quantitative estimate of drug-likeness (QED) is 0.627. The number of carbonyl (C=O) groups is 1. The zero-order valence-corrected chi connectivity index (χ0v) is 12.1. The Morgan fingerprint density at radius 3 is 2.95 bits per heavy atom. The Hall–Kier alpha value is -1.56. The van der Waals surface area contributed by atoms with Crippen molar-refractivity contribution in [3.63, 3.8) is 0 Å². The smallest absolute Gasteiger partial charge is 0.313 e. The van der Waals surface area contributed by atoms with Crippen molar-refractivity contribution in [2.45, 2.75) is 37.9 Å². The van der Waals surface area contributed by atoms with E-state index in [-0.39, 0.29) is 11.6 Å². The third kappa shape index (κ3) is 3.50. The third-order valence-corrected chi connectivity index (χ3v) is 3.95. The molecule has 2 rings (SSSR count). The summed E-state index contributed by atoms with van der Waals surface area (Å²) in [6.07, 6.45) is 3.21. The maximum atomic E-state index is 13.2. The van der Waals surface area contributed by atoms with Gasteiger partial charge in [-0.3, -0.25) is 4.79 Å². The first-order valence-corrected chi connectivity index (χ1v) is 7.60. The van der Waals surface area contributed by atoms with Gasteiger partial charge in [-0.1, -0.05) is 31.5 Å². The summed E-state index contributed by atoms with van der Waals surface area (Å²) in [5.74, 6) is -1.25. The lowest BCUT2D eigenvalue weighted by molar-refractivity contribution is -0.133. The van der Waals surface area contributed by atoms with Crippen LogP contribution in [0.5, 0.6) is 0 Å². The maximum Gasteiger partial charge on any atom is 0.313 e. The standard InChI is InChI=1S/C14H17FN2O2S/c1-2-3-4-7-17-12-6-5-10(15)8-11(12)16-14(17)20-9-13(18)19/h5-6,8H,2-4,7,9H2,1H3,(H,18,19). The van der Waals surface area contributed by atoms with E-state index in [9.17, 15) is 9.18 Å². The number of hydrogen-bond donors (Lipinski definition) is 1. The molecular weight excluding hydrogens is 279 g/mol. The van der Waals surface area contributed by atoms with Crippen LogP contribution in [0, 0.1) is 5.82 Å². The number of aryl methyl sites for hydroxylation is 1. The molecule has 1 aromatic heterocycles. The number of carboxylic acids is 1. The van der Waals surface area contributed by atoms with Crippen LogP contribution in [-0.4, -0.2) is 26.4 Å². The van der Waals surface area contributed by atoms with E-state index in [2.05, 4.69) is 11.9 Å². The highest BCUT2D eigenvalue weighted by atomic mass is 32.2. The van der Waals surface area contributed by atoms with Crippen LogP contribution in [0.4, 0.5) is 4.39 Å². The Balaban J connectivity index is 2.31. The molecule has 0 saturated heterocycles. The van der Waals surface area contributed by atoms with Crippen molar-refractivity contribution in [3.05, 3.63) is 24.0 Å². The molecule has 1 heterocycles. The second-order valence-electron chi connectivity index (χ2n) is 4.57. The molecule has 0 amide bonds. The Labute approximate surface area is 121 Å². The number of carboxylic acid groups (broad SMARTS) is 1. The highest BCUT2D eigenvalue weighted by molar-refractivity contribution is 7.99. The molecule has 4 nitrogen and oxygen atoms in total. The van der Waals surface area contributed by atoms with Crippen molar-refractivity contribution in [1.82, 2.24) is 9.55 Å². The lowest BCUT2D eigenvalue weighted by Gasteiger charge is -2.07. The lowest BCUT2D eigenvalue weighted by atomic mass is 10.2. The summed E-state index contributed by atoms with van der Waals surface area (Å²) < 4.78 is 15.2. The Morgan fingerprint density at radius 1 is 1.45 bits per heavy atom. The van der Waals surface area contributed by atoms with E-state index in [1.165, 1.54) is 23.9 Å². The molecule has 0 spiro atoms. The molecule has 1 aromatic carbocycles. The monoisotopic (exact) mass is 296 g/mol. The molecule has 2 aromatic rings. The zero-order chi connectivity index (χ0) is 14.5. The molecule has 6 heteroatoms. The number of nitrogens with zero attached hydrogens (tertiary/aromatic N) is 2. The van der Waals surface area contributed by atoms with Crippen LogP contribution in [0.2, 0.25) is 0 Å². The lowest BCUT2D eigenvalue weighted by Crippen LogP contribution is -2.03. The molecule has 0 saturated carbocycles. The average molecular weight is 296 g/mol. The Morgan fingerprint density at radius 2 is 2.25 bits per heavy atom. The molecule has 1 N–H and O–H groups in total. The fourth-order valence-corrected chi connectivity index (χ4v) is 2.81. The maximum absolute atomic E-state index is 13.2. The first-order valence-electron chi connectivity index (χ1n) is 6.62. The van der Waals surface area contributed by atoms with Crippen LogP contribution in [0.1, 0.15) is 26.2 Å². The minimum Gasteiger partial charge on any atom is -0.481 e. The predicted molar refractivity (Wildman–Crippen MR) is 77.6 cm³/mol. The highest BCUT2D eigenvalue weighted by Gasteiger charge is 2.13. The predicted octanol–water partition coefficient (Wildman–Crippen LogP) is 3.54. The van der Waals surface area contributed by atoms with Crippen molar-refractivity contribution >= 4 is 28.8 Å². The van der Waals surface area contributed by atoms with Crippen LogP contribution in [0.15, 0.2) is 23.4 Å². The summed E-state index contributed by atoms with van der Waals surface area (Å²) in [5.41, 5.74) is 1.43. The van der Waals surface area contributed by atoms with E-state index in [0.29, 0.717) is 10.7 Å². The van der Waals surface area contributed by atoms with Gasteiger partial charge in [-0.25, -0.2) is 9.37 Å². The summed E-state index contributed by atoms with van der Waals surface area (Å²) in [7, 11) is 0. The largest absolute Gasteiger partial charge is 0.481 e. The summed E-state index contributed by atoms with van der Waals surface area (Å²) in [6, 6.07) is 4.50. The van der Waals surface area contributed by atoms with Gasteiger partial charge in [0.1, 0.15) is 5.82 Å². The third-order valence-electron chi connectivity index (χ3n) is 2.99. The van der Waals surface area contributed by atoms with Crippen molar-refractivity contribution in [2.24, 2.45) is 0 Å². The van der Waals surface area contributed by atoms with Crippen LogP contribution < -0.4 is 0 Å². The molecule has 0 fully saturated rings. The first kappa shape index (κ1) is 14.8. The average Bonchev–Trinajstić information content (AvgIpc) is 2.74. The molecule has 0 atom stereocenters. The van der Waals surface area contributed by atoms with Crippen molar-refractivity contribution in [1.29, 1.82) is 0 Å². The van der Waals surface area contributed by atoms with Crippen molar-refractivity contribution in [2.75, 3.05) is 5.75 Å². The van der Waals surface area contributed by atoms with Gasteiger partial charge in [-0.15, -0.1) is 0 Å². The number of halogens is 1. The Bertz CT molecular complexity index is 612. The van der Waals surface area contributed by atoms with Crippen molar-refractivity contribution in [3.8, 4) is 0 Å². The van der Waals surface area contributed by atoms with Crippen LogP contribution in [-0.2, 0) is 11.3 Å². The second kappa shape index (κ2) is 6.74. The van der Waals surface area contributed by atoms with E-state index < -0.39 is 5.97 Å². The van der Waals surface area contributed by atoms with E-state index in [1.54, 1.807) is 6.07 Å². The van der Waals surface area contributed by atoms with E-state index in [0.717, 1.165) is 31.3 Å². The van der Waals surface area contributed by atoms with Gasteiger partial charge in [0.2, 0.25) is 0 Å². The molecule has 20 heavy (non-hydrogen) atoms. The zero-order valence-electron chi connectivity index (χ0n) is 11.3.